The maximum absolute atomic E-state index is 5.13. The molecular formula is C13H21NO. The average molecular weight is 207 g/mol. The van der Waals surface area contributed by atoms with Crippen molar-refractivity contribution in [3.8, 4) is 0 Å². The maximum atomic E-state index is 5.13. The van der Waals surface area contributed by atoms with Crippen LogP contribution in [0.4, 0.5) is 0 Å². The summed E-state index contributed by atoms with van der Waals surface area (Å²) in [5, 5.41) is 3.62. The van der Waals surface area contributed by atoms with Crippen LogP contribution in [-0.2, 0) is 6.42 Å². The van der Waals surface area contributed by atoms with Crippen molar-refractivity contribution in [1.82, 2.24) is 5.32 Å². The van der Waals surface area contributed by atoms with Crippen LogP contribution in [-0.4, -0.2) is 12.6 Å². The van der Waals surface area contributed by atoms with Gasteiger partial charge in [0, 0.05) is 6.04 Å². The SMILES string of the molecule is CCCNC(C)C1(Cc2ccoc2)CC1. The van der Waals surface area contributed by atoms with Gasteiger partial charge in [0.05, 0.1) is 12.5 Å². The van der Waals surface area contributed by atoms with E-state index < -0.39 is 0 Å². The van der Waals surface area contributed by atoms with Crippen LogP contribution in [0.1, 0.15) is 38.7 Å². The fraction of sp³-hybridized carbons (Fsp3) is 0.692. The Morgan fingerprint density at radius 1 is 1.53 bits per heavy atom. The average Bonchev–Trinajstić information content (AvgIpc) is 2.83. The normalized spacial score (nSPS) is 20.1. The Morgan fingerprint density at radius 2 is 2.33 bits per heavy atom. The highest BCUT2D eigenvalue weighted by molar-refractivity contribution is 5.14. The molecule has 1 aromatic heterocycles. The van der Waals surface area contributed by atoms with Gasteiger partial charge in [-0.05, 0) is 56.2 Å². The summed E-state index contributed by atoms with van der Waals surface area (Å²) in [4.78, 5) is 0. The summed E-state index contributed by atoms with van der Waals surface area (Å²) in [6.07, 6.45) is 8.75. The van der Waals surface area contributed by atoms with E-state index in [1.54, 1.807) is 6.26 Å². The number of hydrogen-bond acceptors (Lipinski definition) is 2. The van der Waals surface area contributed by atoms with E-state index in [1.807, 2.05) is 6.26 Å². The first-order valence-corrected chi connectivity index (χ1v) is 6.01. The Bertz CT molecular complexity index is 287. The summed E-state index contributed by atoms with van der Waals surface area (Å²) in [6.45, 7) is 5.67. The fourth-order valence-corrected chi connectivity index (χ4v) is 2.30. The van der Waals surface area contributed by atoms with Crippen LogP contribution < -0.4 is 5.32 Å². The zero-order valence-corrected chi connectivity index (χ0v) is 9.75. The molecule has 0 aromatic carbocycles. The van der Waals surface area contributed by atoms with Crippen molar-refractivity contribution >= 4 is 0 Å². The van der Waals surface area contributed by atoms with Gasteiger partial charge in [-0.15, -0.1) is 0 Å². The van der Waals surface area contributed by atoms with Crippen LogP contribution in [0, 0.1) is 5.41 Å². The molecule has 1 atom stereocenters. The van der Waals surface area contributed by atoms with Gasteiger partial charge >= 0.3 is 0 Å². The van der Waals surface area contributed by atoms with Crippen LogP contribution in [0.25, 0.3) is 0 Å². The molecule has 0 aliphatic heterocycles. The second kappa shape index (κ2) is 4.40. The first kappa shape index (κ1) is 10.7. The summed E-state index contributed by atoms with van der Waals surface area (Å²) < 4.78 is 5.13. The summed E-state index contributed by atoms with van der Waals surface area (Å²) in [5.74, 6) is 0. The van der Waals surface area contributed by atoms with Crippen LogP contribution in [0.5, 0.6) is 0 Å². The van der Waals surface area contributed by atoms with Gasteiger partial charge in [-0.2, -0.15) is 0 Å². The molecule has 0 saturated heterocycles. The van der Waals surface area contributed by atoms with E-state index in [1.165, 1.54) is 31.2 Å². The molecule has 84 valence electrons. The van der Waals surface area contributed by atoms with Crippen LogP contribution in [0.15, 0.2) is 23.0 Å². The lowest BCUT2D eigenvalue weighted by molar-refractivity contribution is 0.349. The monoisotopic (exact) mass is 207 g/mol. The third-order valence-electron chi connectivity index (χ3n) is 3.65. The molecule has 0 bridgehead atoms. The molecule has 1 heterocycles. The first-order valence-electron chi connectivity index (χ1n) is 6.01. The van der Waals surface area contributed by atoms with E-state index in [2.05, 4.69) is 25.2 Å². The van der Waals surface area contributed by atoms with E-state index in [4.69, 9.17) is 4.42 Å². The molecule has 1 aliphatic rings. The molecule has 0 amide bonds. The molecule has 1 N–H and O–H groups in total. The van der Waals surface area contributed by atoms with Crippen molar-refractivity contribution in [3.05, 3.63) is 24.2 Å². The van der Waals surface area contributed by atoms with Gasteiger partial charge in [-0.25, -0.2) is 0 Å². The van der Waals surface area contributed by atoms with Gasteiger partial charge in [-0.1, -0.05) is 6.92 Å². The second-order valence-corrected chi connectivity index (χ2v) is 4.85. The summed E-state index contributed by atoms with van der Waals surface area (Å²) in [7, 11) is 0. The third kappa shape index (κ3) is 2.43. The van der Waals surface area contributed by atoms with Crippen LogP contribution >= 0.6 is 0 Å². The zero-order valence-electron chi connectivity index (χ0n) is 9.75. The molecule has 1 aromatic rings. The molecule has 0 radical (unpaired) electrons. The summed E-state index contributed by atoms with van der Waals surface area (Å²) in [5.41, 5.74) is 1.86. The van der Waals surface area contributed by atoms with Gasteiger partial charge in [0.2, 0.25) is 0 Å². The summed E-state index contributed by atoms with van der Waals surface area (Å²) in [6, 6.07) is 2.72. The van der Waals surface area contributed by atoms with Crippen molar-refractivity contribution in [1.29, 1.82) is 0 Å². The van der Waals surface area contributed by atoms with Crippen molar-refractivity contribution in [2.24, 2.45) is 5.41 Å². The van der Waals surface area contributed by atoms with Gasteiger partial charge < -0.3 is 9.73 Å². The highest BCUT2D eigenvalue weighted by Gasteiger charge is 2.46. The molecule has 2 rings (SSSR count). The van der Waals surface area contributed by atoms with Crippen molar-refractivity contribution in [2.75, 3.05) is 6.54 Å². The van der Waals surface area contributed by atoms with Crippen LogP contribution in [0.3, 0.4) is 0 Å². The standard InChI is InChI=1S/C13H21NO/c1-3-7-14-11(2)13(5-6-13)9-12-4-8-15-10-12/h4,8,10-11,14H,3,5-7,9H2,1-2H3. The van der Waals surface area contributed by atoms with Gasteiger partial charge in [0.25, 0.3) is 0 Å². The lowest BCUT2D eigenvalue weighted by atomic mass is 9.91. The van der Waals surface area contributed by atoms with Crippen molar-refractivity contribution in [2.45, 2.75) is 45.6 Å². The van der Waals surface area contributed by atoms with Crippen LogP contribution in [0.2, 0.25) is 0 Å². The Labute approximate surface area is 92.1 Å². The lowest BCUT2D eigenvalue weighted by Crippen LogP contribution is -2.36. The minimum Gasteiger partial charge on any atom is -0.472 e. The number of nitrogens with one attached hydrogen (secondary N) is 1. The molecular weight excluding hydrogens is 186 g/mol. The molecule has 0 spiro atoms. The number of furan rings is 1. The molecule has 15 heavy (non-hydrogen) atoms. The summed E-state index contributed by atoms with van der Waals surface area (Å²) >= 11 is 0. The van der Waals surface area contributed by atoms with Gasteiger partial charge in [0.1, 0.15) is 0 Å². The molecule has 1 aliphatic carbocycles. The predicted octanol–water partition coefficient (Wildman–Crippen LogP) is 2.99. The zero-order chi connectivity index (χ0) is 10.7. The first-order chi connectivity index (χ1) is 7.27. The molecule has 1 unspecified atom stereocenters. The smallest absolute Gasteiger partial charge is 0.0934 e. The molecule has 2 heteroatoms. The molecule has 2 nitrogen and oxygen atoms in total. The van der Waals surface area contributed by atoms with E-state index in [0.29, 0.717) is 11.5 Å². The fourth-order valence-electron chi connectivity index (χ4n) is 2.30. The predicted molar refractivity (Wildman–Crippen MR) is 61.8 cm³/mol. The number of rotatable bonds is 6. The Kier molecular flexibility index (Phi) is 3.15. The third-order valence-corrected chi connectivity index (χ3v) is 3.65. The Balaban J connectivity index is 1.89. The van der Waals surface area contributed by atoms with Gasteiger partial charge in [-0.3, -0.25) is 0 Å². The minimum atomic E-state index is 0.513. The largest absolute Gasteiger partial charge is 0.472 e. The quantitative estimate of drug-likeness (QED) is 0.775. The highest BCUT2D eigenvalue weighted by atomic mass is 16.3. The maximum Gasteiger partial charge on any atom is 0.0934 e. The molecule has 1 fully saturated rings. The van der Waals surface area contributed by atoms with E-state index in [-0.39, 0.29) is 0 Å². The topological polar surface area (TPSA) is 25.2 Å². The molecule has 1 saturated carbocycles. The van der Waals surface area contributed by atoms with E-state index >= 15 is 0 Å². The Hall–Kier alpha value is -0.760. The number of hydrogen-bond donors (Lipinski definition) is 1. The minimum absolute atomic E-state index is 0.513. The lowest BCUT2D eigenvalue weighted by Gasteiger charge is -2.24. The van der Waals surface area contributed by atoms with Gasteiger partial charge in [0.15, 0.2) is 0 Å². The van der Waals surface area contributed by atoms with E-state index in [9.17, 15) is 0 Å². The Morgan fingerprint density at radius 3 is 2.87 bits per heavy atom. The second-order valence-electron chi connectivity index (χ2n) is 4.85. The highest BCUT2D eigenvalue weighted by Crippen LogP contribution is 2.51. The van der Waals surface area contributed by atoms with E-state index in [0.717, 1.165) is 6.54 Å². The van der Waals surface area contributed by atoms with Crippen molar-refractivity contribution < 1.29 is 4.42 Å². The van der Waals surface area contributed by atoms with Crippen molar-refractivity contribution in [3.63, 3.8) is 0 Å².